The Bertz CT molecular complexity index is 1690. The van der Waals surface area contributed by atoms with Crippen LogP contribution in [0, 0.1) is 12.8 Å². The van der Waals surface area contributed by atoms with Gasteiger partial charge in [0.2, 0.25) is 11.8 Å². The second-order valence-electron chi connectivity index (χ2n) is 12.8. The number of ether oxygens (including phenoxy) is 2. The maximum absolute atomic E-state index is 12.6. The molecule has 3 heterocycles. The molecular formula is C35H39N5O4. The van der Waals surface area contributed by atoms with Gasteiger partial charge in [0.05, 0.1) is 11.3 Å². The predicted molar refractivity (Wildman–Crippen MR) is 170 cm³/mol. The van der Waals surface area contributed by atoms with Crippen molar-refractivity contribution < 1.29 is 19.1 Å². The number of benzene rings is 2. The number of amides is 1. The Morgan fingerprint density at radius 3 is 2.61 bits per heavy atom. The van der Waals surface area contributed by atoms with E-state index in [4.69, 9.17) is 14.5 Å². The van der Waals surface area contributed by atoms with Crippen molar-refractivity contribution in [2.75, 3.05) is 18.4 Å². The number of nitrogens with zero attached hydrogens (tertiary/aromatic N) is 4. The lowest BCUT2D eigenvalue weighted by Crippen LogP contribution is -2.47. The fraction of sp³-hybridized carbons (Fsp3) is 0.400. The van der Waals surface area contributed by atoms with E-state index in [-0.39, 0.29) is 18.1 Å². The zero-order valence-corrected chi connectivity index (χ0v) is 25.8. The fourth-order valence-electron chi connectivity index (χ4n) is 5.64. The van der Waals surface area contributed by atoms with Gasteiger partial charge in [-0.05, 0) is 88.1 Å². The second kappa shape index (κ2) is 12.2. The highest BCUT2D eigenvalue weighted by molar-refractivity contribution is 5.96. The largest absolute Gasteiger partial charge is 0.444 e. The smallest absolute Gasteiger partial charge is 0.410 e. The summed E-state index contributed by atoms with van der Waals surface area (Å²) in [5.41, 5.74) is 2.84. The van der Waals surface area contributed by atoms with E-state index in [0.29, 0.717) is 48.6 Å². The summed E-state index contributed by atoms with van der Waals surface area (Å²) >= 11 is 0. The number of carbonyl (C=O) groups is 2. The number of likely N-dealkylation sites (tertiary alicyclic amines) is 1. The number of fused-ring (bicyclic) bond motifs is 1. The molecule has 1 amide bonds. The predicted octanol–water partition coefficient (Wildman–Crippen LogP) is 7.13. The van der Waals surface area contributed by atoms with E-state index in [0.717, 1.165) is 53.1 Å². The Kier molecular flexibility index (Phi) is 8.21. The van der Waals surface area contributed by atoms with Crippen molar-refractivity contribution in [2.24, 2.45) is 5.92 Å². The van der Waals surface area contributed by atoms with Crippen LogP contribution in [0.4, 0.5) is 10.7 Å². The molecule has 1 aliphatic heterocycles. The standard InChI is InChI=1S/C35H39N5O4/c1-22-12-15-26-24(20-30(41)23-13-14-23)8-5-10-27(26)31(22)43-32-28(11-6-17-36-32)29-16-18-37-33(39-29)38-25-9-7-19-40(21-25)34(42)44-35(2,3)4/h5-6,8,10-12,15-18,23,25H,7,9,13-14,19-21H2,1-4H3,(H,37,38,39)/t25-/m0/s1. The van der Waals surface area contributed by atoms with E-state index >= 15 is 0 Å². The number of ketones is 1. The second-order valence-corrected chi connectivity index (χ2v) is 12.8. The molecule has 9 nitrogen and oxygen atoms in total. The lowest BCUT2D eigenvalue weighted by molar-refractivity contribution is -0.119. The number of piperidine rings is 1. The van der Waals surface area contributed by atoms with Crippen molar-refractivity contribution >= 4 is 28.6 Å². The first-order valence-corrected chi connectivity index (χ1v) is 15.4. The van der Waals surface area contributed by atoms with Crippen LogP contribution in [0.2, 0.25) is 0 Å². The third-order valence-corrected chi connectivity index (χ3v) is 8.00. The zero-order valence-electron chi connectivity index (χ0n) is 25.8. The van der Waals surface area contributed by atoms with Gasteiger partial charge in [-0.25, -0.2) is 19.7 Å². The van der Waals surface area contributed by atoms with Gasteiger partial charge < -0.3 is 19.7 Å². The van der Waals surface area contributed by atoms with Gasteiger partial charge in [-0.2, -0.15) is 0 Å². The van der Waals surface area contributed by atoms with E-state index < -0.39 is 5.60 Å². The minimum atomic E-state index is -0.541. The maximum atomic E-state index is 12.6. The molecule has 2 fully saturated rings. The average molecular weight is 594 g/mol. The SMILES string of the molecule is Cc1ccc2c(CC(=O)C3CC3)cccc2c1Oc1ncccc1-c1ccnc(N[C@H]2CCCN(C(=O)OC(C)(C)C)C2)n1. The Balaban J connectivity index is 1.23. The van der Waals surface area contributed by atoms with Gasteiger partial charge in [0.1, 0.15) is 17.1 Å². The molecule has 228 valence electrons. The van der Waals surface area contributed by atoms with Crippen LogP contribution in [0.25, 0.3) is 22.0 Å². The third-order valence-electron chi connectivity index (χ3n) is 8.00. The highest BCUT2D eigenvalue weighted by atomic mass is 16.6. The van der Waals surface area contributed by atoms with Gasteiger partial charge in [-0.3, -0.25) is 4.79 Å². The number of aryl methyl sites for hydroxylation is 1. The summed E-state index contributed by atoms with van der Waals surface area (Å²) < 4.78 is 12.1. The van der Waals surface area contributed by atoms with E-state index in [9.17, 15) is 9.59 Å². The van der Waals surface area contributed by atoms with Crippen molar-refractivity contribution in [1.29, 1.82) is 0 Å². The molecular weight excluding hydrogens is 554 g/mol. The number of rotatable bonds is 8. The lowest BCUT2D eigenvalue weighted by Gasteiger charge is -2.34. The maximum Gasteiger partial charge on any atom is 0.410 e. The fourth-order valence-corrected chi connectivity index (χ4v) is 5.64. The highest BCUT2D eigenvalue weighted by Gasteiger charge is 2.30. The minimum absolute atomic E-state index is 0.00420. The van der Waals surface area contributed by atoms with Gasteiger partial charge in [0.15, 0.2) is 0 Å². The van der Waals surface area contributed by atoms with Crippen molar-refractivity contribution in [3.8, 4) is 22.9 Å². The topological polar surface area (TPSA) is 107 Å². The van der Waals surface area contributed by atoms with Gasteiger partial charge in [-0.1, -0.05) is 30.3 Å². The quantitative estimate of drug-likeness (QED) is 0.230. The molecule has 0 unspecified atom stereocenters. The van der Waals surface area contributed by atoms with Gasteiger partial charge in [0, 0.05) is 49.2 Å². The number of Topliss-reactive ketones (excluding diaryl/α,β-unsaturated/α-hetero) is 1. The molecule has 1 saturated heterocycles. The monoisotopic (exact) mass is 593 g/mol. The molecule has 44 heavy (non-hydrogen) atoms. The summed E-state index contributed by atoms with van der Waals surface area (Å²) in [6.45, 7) is 8.80. The van der Waals surface area contributed by atoms with Gasteiger partial charge in [0.25, 0.3) is 0 Å². The zero-order chi connectivity index (χ0) is 30.8. The van der Waals surface area contributed by atoms with Crippen molar-refractivity contribution in [1.82, 2.24) is 19.9 Å². The van der Waals surface area contributed by atoms with E-state index in [2.05, 4.69) is 21.4 Å². The summed E-state index contributed by atoms with van der Waals surface area (Å²) in [5.74, 6) is 2.14. The lowest BCUT2D eigenvalue weighted by atomic mass is 9.97. The van der Waals surface area contributed by atoms with Crippen LogP contribution in [0.3, 0.4) is 0 Å². The van der Waals surface area contributed by atoms with Crippen LogP contribution < -0.4 is 10.1 Å². The van der Waals surface area contributed by atoms with Crippen molar-refractivity contribution in [3.05, 3.63) is 72.1 Å². The molecule has 1 aliphatic carbocycles. The van der Waals surface area contributed by atoms with Crippen LogP contribution in [-0.4, -0.2) is 56.5 Å². The minimum Gasteiger partial charge on any atom is -0.444 e. The first-order chi connectivity index (χ1) is 21.1. The summed E-state index contributed by atoms with van der Waals surface area (Å²) in [4.78, 5) is 40.9. The van der Waals surface area contributed by atoms with Crippen LogP contribution in [0.15, 0.2) is 60.9 Å². The normalized spacial score (nSPS) is 16.9. The molecule has 0 spiro atoms. The first-order valence-electron chi connectivity index (χ1n) is 15.4. The average Bonchev–Trinajstić information content (AvgIpc) is 3.85. The number of hydrogen-bond donors (Lipinski definition) is 1. The molecule has 4 aromatic rings. The van der Waals surface area contributed by atoms with Crippen LogP contribution >= 0.6 is 0 Å². The Morgan fingerprint density at radius 1 is 0.977 bits per heavy atom. The summed E-state index contributed by atoms with van der Waals surface area (Å²) in [6, 6.07) is 15.8. The third kappa shape index (κ3) is 6.82. The molecule has 1 N–H and O–H groups in total. The molecule has 0 bridgehead atoms. The number of pyridine rings is 1. The van der Waals surface area contributed by atoms with E-state index in [1.54, 1.807) is 17.3 Å². The summed E-state index contributed by atoms with van der Waals surface area (Å²) in [7, 11) is 0. The van der Waals surface area contributed by atoms with E-state index in [1.807, 2.05) is 70.2 Å². The highest BCUT2D eigenvalue weighted by Crippen LogP contribution is 2.38. The number of nitrogens with one attached hydrogen (secondary N) is 1. The van der Waals surface area contributed by atoms with Crippen LogP contribution in [0.5, 0.6) is 11.6 Å². The van der Waals surface area contributed by atoms with Crippen molar-refractivity contribution in [2.45, 2.75) is 71.4 Å². The molecule has 1 saturated carbocycles. The number of carbonyl (C=O) groups excluding carboxylic acids is 2. The Labute approximate surface area is 258 Å². The number of anilines is 1. The molecule has 1 atom stereocenters. The Morgan fingerprint density at radius 2 is 1.82 bits per heavy atom. The molecule has 9 heteroatoms. The molecule has 2 aromatic heterocycles. The molecule has 2 aromatic carbocycles. The van der Waals surface area contributed by atoms with Crippen molar-refractivity contribution in [3.63, 3.8) is 0 Å². The molecule has 2 aliphatic rings. The van der Waals surface area contributed by atoms with Gasteiger partial charge in [-0.15, -0.1) is 0 Å². The van der Waals surface area contributed by atoms with Crippen LogP contribution in [-0.2, 0) is 16.0 Å². The molecule has 6 rings (SSSR count). The van der Waals surface area contributed by atoms with Gasteiger partial charge >= 0.3 is 6.09 Å². The Hall–Kier alpha value is -4.53. The number of hydrogen-bond acceptors (Lipinski definition) is 8. The number of aromatic nitrogens is 3. The first kappa shape index (κ1) is 29.5. The van der Waals surface area contributed by atoms with E-state index in [1.165, 1.54) is 0 Å². The summed E-state index contributed by atoms with van der Waals surface area (Å²) in [5, 5.41) is 5.37. The van der Waals surface area contributed by atoms with Crippen LogP contribution in [0.1, 0.15) is 57.6 Å². The molecule has 0 radical (unpaired) electrons. The summed E-state index contributed by atoms with van der Waals surface area (Å²) in [6.07, 6.45) is 7.30.